The third kappa shape index (κ3) is 3.04. The zero-order valence-corrected chi connectivity index (χ0v) is 16.3. The van der Waals surface area contributed by atoms with E-state index in [-0.39, 0.29) is 12.4 Å². The summed E-state index contributed by atoms with van der Waals surface area (Å²) in [5.74, 6) is -0.513. The number of primary amides is 1. The van der Waals surface area contributed by atoms with E-state index in [1.807, 2.05) is 24.3 Å². The van der Waals surface area contributed by atoms with Crippen molar-refractivity contribution in [2.75, 3.05) is 5.73 Å². The van der Waals surface area contributed by atoms with Crippen molar-refractivity contribution in [3.05, 3.63) is 45.4 Å². The van der Waals surface area contributed by atoms with Gasteiger partial charge in [-0.05, 0) is 37.3 Å². The second-order valence-electron chi connectivity index (χ2n) is 6.34. The molecule has 1 aliphatic rings. The Morgan fingerprint density at radius 1 is 1.15 bits per heavy atom. The van der Waals surface area contributed by atoms with Crippen LogP contribution in [-0.2, 0) is 12.8 Å². The van der Waals surface area contributed by atoms with E-state index in [9.17, 15) is 4.79 Å². The van der Waals surface area contributed by atoms with Gasteiger partial charge in [0.15, 0.2) is 0 Å². The number of aryl methyl sites for hydroxylation is 1. The van der Waals surface area contributed by atoms with Crippen molar-refractivity contribution in [2.24, 2.45) is 5.73 Å². The fourth-order valence-electron chi connectivity index (χ4n) is 3.63. The Morgan fingerprint density at radius 2 is 1.88 bits per heavy atom. The minimum absolute atomic E-state index is 0. The van der Waals surface area contributed by atoms with Crippen LogP contribution in [0.4, 0.5) is 5.69 Å². The number of carbonyl (C=O) groups is 1. The Bertz CT molecular complexity index is 1000. The van der Waals surface area contributed by atoms with Crippen molar-refractivity contribution < 1.29 is 17.2 Å². The molecule has 0 bridgehead atoms. The zero-order chi connectivity index (χ0) is 17.6. The summed E-state index contributed by atoms with van der Waals surface area (Å²) in [6.45, 7) is 0. The molecule has 1 amide bonds. The Balaban J connectivity index is 0.00000196. The van der Waals surface area contributed by atoms with Gasteiger partial charge in [-0.3, -0.25) is 4.79 Å². The Labute approximate surface area is 167 Å². The van der Waals surface area contributed by atoms with Crippen molar-refractivity contribution in [1.82, 2.24) is 4.98 Å². The molecule has 2 heterocycles. The first-order valence-corrected chi connectivity index (χ1v) is 9.55. The molecule has 26 heavy (non-hydrogen) atoms. The Kier molecular flexibility index (Phi) is 5.42. The number of amides is 1. The molecule has 0 fully saturated rings. The molecule has 0 spiro atoms. The SMILES string of the molecule is NC(=O)c1sc2nc3c(c(-c4ccccc4Cl)c2c1N)CCCCC3.[Cl-]. The van der Waals surface area contributed by atoms with Crippen LogP contribution in [0.5, 0.6) is 0 Å². The predicted molar refractivity (Wildman–Crippen MR) is 104 cm³/mol. The largest absolute Gasteiger partial charge is 1.00 e. The number of thiophene rings is 1. The van der Waals surface area contributed by atoms with Crippen LogP contribution in [0.1, 0.15) is 40.2 Å². The van der Waals surface area contributed by atoms with E-state index in [4.69, 9.17) is 28.1 Å². The summed E-state index contributed by atoms with van der Waals surface area (Å²) in [6.07, 6.45) is 5.31. The standard InChI is InChI=1S/C19H18ClN3OS.ClH/c20-12-8-5-4-6-10(12)14-11-7-2-1-3-9-13(11)23-19-15(14)16(21)17(25-19)18(22)24;/h4-6,8H,1-3,7,9,21H2,(H2,22,24);1H/p-1. The number of nitrogens with zero attached hydrogens (tertiary/aromatic N) is 1. The minimum atomic E-state index is -0.513. The molecule has 0 aliphatic heterocycles. The van der Waals surface area contributed by atoms with Crippen molar-refractivity contribution in [1.29, 1.82) is 0 Å². The van der Waals surface area contributed by atoms with E-state index in [2.05, 4.69) is 0 Å². The van der Waals surface area contributed by atoms with Gasteiger partial charge in [0.05, 0.1) is 5.69 Å². The van der Waals surface area contributed by atoms with Gasteiger partial charge in [-0.25, -0.2) is 4.98 Å². The molecule has 0 saturated heterocycles. The molecule has 0 saturated carbocycles. The molecule has 0 unspecified atom stereocenters. The van der Waals surface area contributed by atoms with E-state index in [1.54, 1.807) is 0 Å². The molecule has 7 heteroatoms. The highest BCUT2D eigenvalue weighted by atomic mass is 35.5. The number of nitrogen functional groups attached to an aromatic ring is 1. The summed E-state index contributed by atoms with van der Waals surface area (Å²) in [5.41, 5.74) is 16.5. The molecule has 3 aromatic rings. The number of carbonyl (C=O) groups excluding carboxylic acids is 1. The molecular weight excluding hydrogens is 389 g/mol. The Morgan fingerprint density at radius 3 is 2.62 bits per heavy atom. The van der Waals surface area contributed by atoms with Crippen molar-refractivity contribution >= 4 is 44.7 Å². The zero-order valence-electron chi connectivity index (χ0n) is 14.0. The van der Waals surface area contributed by atoms with Crippen molar-refractivity contribution in [3.63, 3.8) is 0 Å². The van der Waals surface area contributed by atoms with Gasteiger partial charge >= 0.3 is 0 Å². The molecule has 1 aliphatic carbocycles. The molecule has 0 radical (unpaired) electrons. The third-order valence-electron chi connectivity index (χ3n) is 4.77. The fourth-order valence-corrected chi connectivity index (χ4v) is 4.83. The summed E-state index contributed by atoms with van der Waals surface area (Å²) in [7, 11) is 0. The lowest BCUT2D eigenvalue weighted by atomic mass is 9.92. The summed E-state index contributed by atoms with van der Waals surface area (Å²) >= 11 is 7.79. The number of hydrogen-bond acceptors (Lipinski definition) is 4. The molecule has 4 rings (SSSR count). The number of nitrogens with two attached hydrogens (primary N) is 2. The molecule has 4 N–H and O–H groups in total. The average molecular weight is 407 g/mol. The van der Waals surface area contributed by atoms with Gasteiger partial charge in [0.2, 0.25) is 0 Å². The first-order chi connectivity index (χ1) is 12.1. The minimum Gasteiger partial charge on any atom is -1.00 e. The van der Waals surface area contributed by atoms with Crippen LogP contribution >= 0.6 is 22.9 Å². The normalized spacial score (nSPS) is 13.7. The average Bonchev–Trinajstić information content (AvgIpc) is 2.77. The topological polar surface area (TPSA) is 82.0 Å². The quantitative estimate of drug-likeness (QED) is 0.633. The molecular formula is C19H18Cl2N3OS-. The maximum Gasteiger partial charge on any atom is 0.260 e. The van der Waals surface area contributed by atoms with Crippen LogP contribution in [0.15, 0.2) is 24.3 Å². The highest BCUT2D eigenvalue weighted by molar-refractivity contribution is 7.21. The third-order valence-corrected chi connectivity index (χ3v) is 6.21. The van der Waals surface area contributed by atoms with Crippen LogP contribution in [0.2, 0.25) is 5.02 Å². The van der Waals surface area contributed by atoms with E-state index in [0.717, 1.165) is 52.7 Å². The lowest BCUT2D eigenvalue weighted by Crippen LogP contribution is -3.00. The number of halogens is 2. The van der Waals surface area contributed by atoms with Gasteiger partial charge < -0.3 is 23.9 Å². The van der Waals surface area contributed by atoms with Gasteiger partial charge in [-0.15, -0.1) is 11.3 Å². The number of aromatic nitrogens is 1. The van der Waals surface area contributed by atoms with Crippen LogP contribution < -0.4 is 23.9 Å². The molecule has 2 aromatic heterocycles. The van der Waals surface area contributed by atoms with Gasteiger partial charge in [0, 0.05) is 27.2 Å². The molecule has 0 atom stereocenters. The summed E-state index contributed by atoms with van der Waals surface area (Å²) in [5, 5.41) is 1.49. The van der Waals surface area contributed by atoms with E-state index < -0.39 is 5.91 Å². The second-order valence-corrected chi connectivity index (χ2v) is 7.75. The highest BCUT2D eigenvalue weighted by Crippen LogP contribution is 2.44. The van der Waals surface area contributed by atoms with Crippen LogP contribution in [0, 0.1) is 0 Å². The van der Waals surface area contributed by atoms with Crippen molar-refractivity contribution in [2.45, 2.75) is 32.1 Å². The van der Waals surface area contributed by atoms with Gasteiger partial charge in [0.1, 0.15) is 9.71 Å². The summed E-state index contributed by atoms with van der Waals surface area (Å²) in [4.78, 5) is 17.8. The van der Waals surface area contributed by atoms with Crippen LogP contribution in [0.25, 0.3) is 21.3 Å². The number of fused-ring (bicyclic) bond motifs is 2. The van der Waals surface area contributed by atoms with E-state index in [1.165, 1.54) is 23.3 Å². The lowest BCUT2D eigenvalue weighted by molar-refractivity contribution is -0.0000132. The first kappa shape index (κ1) is 19.0. The van der Waals surface area contributed by atoms with Gasteiger partial charge in [-0.1, -0.05) is 36.2 Å². The predicted octanol–water partition coefficient (Wildman–Crippen LogP) is 1.57. The lowest BCUT2D eigenvalue weighted by Gasteiger charge is -2.15. The van der Waals surface area contributed by atoms with Gasteiger partial charge in [-0.2, -0.15) is 0 Å². The number of benzene rings is 1. The van der Waals surface area contributed by atoms with E-state index in [0.29, 0.717) is 15.6 Å². The number of hydrogen-bond donors (Lipinski definition) is 2. The smallest absolute Gasteiger partial charge is 0.260 e. The second kappa shape index (κ2) is 7.43. The van der Waals surface area contributed by atoms with Gasteiger partial charge in [0.25, 0.3) is 5.91 Å². The molecule has 4 nitrogen and oxygen atoms in total. The van der Waals surface area contributed by atoms with Crippen LogP contribution in [-0.4, -0.2) is 10.9 Å². The molecule has 1 aromatic carbocycles. The maximum atomic E-state index is 11.8. The highest BCUT2D eigenvalue weighted by Gasteiger charge is 2.25. The van der Waals surface area contributed by atoms with Crippen LogP contribution in [0.3, 0.4) is 0 Å². The summed E-state index contributed by atoms with van der Waals surface area (Å²) in [6, 6.07) is 7.76. The fraction of sp³-hybridized carbons (Fsp3) is 0.263. The van der Waals surface area contributed by atoms with Crippen molar-refractivity contribution in [3.8, 4) is 11.1 Å². The summed E-state index contributed by atoms with van der Waals surface area (Å²) < 4.78 is 0. The monoisotopic (exact) mass is 406 g/mol. The number of anilines is 1. The number of pyridine rings is 1. The molecule has 136 valence electrons. The first-order valence-electron chi connectivity index (χ1n) is 8.36. The Hall–Kier alpha value is -1.82. The number of rotatable bonds is 2. The maximum absolute atomic E-state index is 11.8. The van der Waals surface area contributed by atoms with E-state index >= 15 is 0 Å².